The predicted molar refractivity (Wildman–Crippen MR) is 86.8 cm³/mol. The summed E-state index contributed by atoms with van der Waals surface area (Å²) in [5.74, 6) is 0.963. The summed E-state index contributed by atoms with van der Waals surface area (Å²) in [4.78, 5) is 12.8. The van der Waals surface area contributed by atoms with Crippen LogP contribution in [-0.4, -0.2) is 29.8 Å². The zero-order valence-corrected chi connectivity index (χ0v) is 13.1. The van der Waals surface area contributed by atoms with E-state index in [1.165, 1.54) is 6.07 Å². The average Bonchev–Trinajstić information content (AvgIpc) is 3.29. The molecule has 8 heteroatoms. The van der Waals surface area contributed by atoms with E-state index in [0.717, 1.165) is 5.39 Å². The lowest BCUT2D eigenvalue weighted by atomic mass is 10.2. The van der Waals surface area contributed by atoms with Crippen LogP contribution in [-0.2, 0) is 19.6 Å². The molecule has 4 aromatic rings. The first-order valence-corrected chi connectivity index (χ1v) is 7.73. The second-order valence-electron chi connectivity index (χ2n) is 5.46. The van der Waals surface area contributed by atoms with Gasteiger partial charge in [0.05, 0.1) is 0 Å². The average molecular weight is 339 g/mol. The topological polar surface area (TPSA) is 89.9 Å². The molecule has 0 atom stereocenters. The SMILES string of the molecule is OCc1nc(CCn2ccnc2-c2ccc3cccc(F)c3n2)no1. The number of aliphatic hydroxyl groups is 1. The van der Waals surface area contributed by atoms with E-state index in [2.05, 4.69) is 20.1 Å². The van der Waals surface area contributed by atoms with Gasteiger partial charge < -0.3 is 14.2 Å². The minimum absolute atomic E-state index is 0.188. The van der Waals surface area contributed by atoms with E-state index in [-0.39, 0.29) is 18.3 Å². The third-order valence-corrected chi connectivity index (χ3v) is 3.84. The molecule has 0 aliphatic heterocycles. The number of aromatic nitrogens is 5. The number of aryl methyl sites for hydroxylation is 2. The maximum Gasteiger partial charge on any atom is 0.252 e. The van der Waals surface area contributed by atoms with E-state index in [1.54, 1.807) is 12.3 Å². The van der Waals surface area contributed by atoms with Crippen LogP contribution in [0.1, 0.15) is 11.7 Å². The van der Waals surface area contributed by atoms with Gasteiger partial charge in [0, 0.05) is 30.7 Å². The molecule has 1 N–H and O–H groups in total. The molecule has 0 unspecified atom stereocenters. The van der Waals surface area contributed by atoms with Crippen LogP contribution < -0.4 is 0 Å². The van der Waals surface area contributed by atoms with Gasteiger partial charge in [0.15, 0.2) is 11.6 Å². The number of fused-ring (bicyclic) bond motifs is 1. The van der Waals surface area contributed by atoms with Crippen molar-refractivity contribution in [1.29, 1.82) is 0 Å². The molecule has 0 radical (unpaired) electrons. The highest BCUT2D eigenvalue weighted by Gasteiger charge is 2.12. The molecule has 1 aromatic carbocycles. The number of nitrogens with zero attached hydrogens (tertiary/aromatic N) is 5. The monoisotopic (exact) mass is 339 g/mol. The molecule has 0 saturated heterocycles. The van der Waals surface area contributed by atoms with E-state index in [4.69, 9.17) is 9.63 Å². The maximum absolute atomic E-state index is 14.0. The molecule has 7 nitrogen and oxygen atoms in total. The van der Waals surface area contributed by atoms with Crippen LogP contribution in [0.4, 0.5) is 4.39 Å². The number of aliphatic hydroxyl groups excluding tert-OH is 1. The van der Waals surface area contributed by atoms with Crippen molar-refractivity contribution >= 4 is 10.9 Å². The molecule has 0 bridgehead atoms. The van der Waals surface area contributed by atoms with Crippen LogP contribution in [0.2, 0.25) is 0 Å². The van der Waals surface area contributed by atoms with Gasteiger partial charge in [0.25, 0.3) is 5.89 Å². The van der Waals surface area contributed by atoms with Crippen molar-refractivity contribution < 1.29 is 14.0 Å². The fraction of sp³-hybridized carbons (Fsp3) is 0.176. The fourth-order valence-electron chi connectivity index (χ4n) is 2.63. The van der Waals surface area contributed by atoms with Gasteiger partial charge in [-0.3, -0.25) is 0 Å². The summed E-state index contributed by atoms with van der Waals surface area (Å²) >= 11 is 0. The molecular formula is C17H14FN5O2. The third kappa shape index (κ3) is 2.99. The van der Waals surface area contributed by atoms with Crippen LogP contribution in [0, 0.1) is 5.82 Å². The number of hydrogen-bond acceptors (Lipinski definition) is 6. The van der Waals surface area contributed by atoms with Gasteiger partial charge >= 0.3 is 0 Å². The summed E-state index contributed by atoms with van der Waals surface area (Å²) in [7, 11) is 0. The van der Waals surface area contributed by atoms with Crippen molar-refractivity contribution in [3.8, 4) is 11.5 Å². The summed E-state index contributed by atoms with van der Waals surface area (Å²) in [6.45, 7) is 0.270. The first-order valence-electron chi connectivity index (χ1n) is 7.73. The van der Waals surface area contributed by atoms with Crippen LogP contribution in [0.15, 0.2) is 47.2 Å². The summed E-state index contributed by atoms with van der Waals surface area (Å²) in [5.41, 5.74) is 0.909. The number of benzene rings is 1. The molecule has 4 rings (SSSR count). The first-order chi connectivity index (χ1) is 12.2. The summed E-state index contributed by atoms with van der Waals surface area (Å²) in [6, 6.07) is 8.51. The second kappa shape index (κ2) is 6.40. The number of rotatable bonds is 5. The summed E-state index contributed by atoms with van der Waals surface area (Å²) in [5, 5.41) is 13.5. The molecule has 0 aliphatic carbocycles. The highest BCUT2D eigenvalue weighted by molar-refractivity contribution is 5.81. The molecule has 126 valence electrons. The van der Waals surface area contributed by atoms with Crippen molar-refractivity contribution in [3.63, 3.8) is 0 Å². The minimum Gasteiger partial charge on any atom is -0.387 e. The van der Waals surface area contributed by atoms with Crippen LogP contribution in [0.3, 0.4) is 0 Å². The van der Waals surface area contributed by atoms with Crippen molar-refractivity contribution in [3.05, 3.63) is 60.3 Å². The quantitative estimate of drug-likeness (QED) is 0.600. The Morgan fingerprint density at radius 1 is 1.16 bits per heavy atom. The van der Waals surface area contributed by atoms with Crippen molar-refractivity contribution in [1.82, 2.24) is 24.7 Å². The zero-order chi connectivity index (χ0) is 17.2. The standard InChI is InChI=1S/C17H14FN5O2/c18-12-3-1-2-11-4-5-13(20-16(11)12)17-19-7-9-23(17)8-6-14-21-15(10-24)25-22-14/h1-5,7,9,24H,6,8,10H2. The van der Waals surface area contributed by atoms with Gasteiger partial charge in [-0.05, 0) is 12.1 Å². The zero-order valence-electron chi connectivity index (χ0n) is 13.1. The van der Waals surface area contributed by atoms with Crippen LogP contribution in [0.25, 0.3) is 22.4 Å². The third-order valence-electron chi connectivity index (χ3n) is 3.84. The van der Waals surface area contributed by atoms with Crippen molar-refractivity contribution in [2.75, 3.05) is 0 Å². The summed E-state index contributed by atoms with van der Waals surface area (Å²) < 4.78 is 20.7. The molecule has 25 heavy (non-hydrogen) atoms. The lowest BCUT2D eigenvalue weighted by Gasteiger charge is -2.07. The minimum atomic E-state index is -0.360. The number of imidazole rings is 1. The number of hydrogen-bond donors (Lipinski definition) is 1. The van der Waals surface area contributed by atoms with Gasteiger partial charge in [0.1, 0.15) is 23.6 Å². The van der Waals surface area contributed by atoms with Crippen LogP contribution >= 0.6 is 0 Å². The fourth-order valence-corrected chi connectivity index (χ4v) is 2.63. The smallest absolute Gasteiger partial charge is 0.252 e. The van der Waals surface area contributed by atoms with Crippen molar-refractivity contribution in [2.45, 2.75) is 19.6 Å². The molecule has 0 amide bonds. The Labute approximate surface area is 141 Å². The second-order valence-corrected chi connectivity index (χ2v) is 5.46. The Hall–Kier alpha value is -3.13. The predicted octanol–water partition coefficient (Wildman–Crippen LogP) is 2.36. The van der Waals surface area contributed by atoms with Gasteiger partial charge in [-0.25, -0.2) is 14.4 Å². The lowest BCUT2D eigenvalue weighted by Crippen LogP contribution is -2.04. The normalized spacial score (nSPS) is 11.3. The molecular weight excluding hydrogens is 325 g/mol. The number of halogens is 1. The molecule has 0 saturated carbocycles. The number of pyridine rings is 1. The molecule has 0 spiro atoms. The maximum atomic E-state index is 14.0. The molecule has 0 aliphatic rings. The highest BCUT2D eigenvalue weighted by atomic mass is 19.1. The van der Waals surface area contributed by atoms with Gasteiger partial charge in [-0.2, -0.15) is 4.98 Å². The van der Waals surface area contributed by atoms with Gasteiger partial charge in [-0.1, -0.05) is 23.4 Å². The molecule has 3 aromatic heterocycles. The Bertz CT molecular complexity index is 1030. The Morgan fingerprint density at radius 3 is 2.92 bits per heavy atom. The van der Waals surface area contributed by atoms with E-state index in [0.29, 0.717) is 35.8 Å². The van der Waals surface area contributed by atoms with E-state index < -0.39 is 0 Å². The Kier molecular flexibility index (Phi) is 3.95. The van der Waals surface area contributed by atoms with E-state index >= 15 is 0 Å². The van der Waals surface area contributed by atoms with Gasteiger partial charge in [-0.15, -0.1) is 0 Å². The van der Waals surface area contributed by atoms with E-state index in [1.807, 2.05) is 29.0 Å². The number of para-hydroxylation sites is 1. The van der Waals surface area contributed by atoms with Crippen LogP contribution in [0.5, 0.6) is 0 Å². The van der Waals surface area contributed by atoms with Gasteiger partial charge in [0.2, 0.25) is 0 Å². The van der Waals surface area contributed by atoms with Crippen molar-refractivity contribution in [2.24, 2.45) is 0 Å². The molecule has 3 heterocycles. The molecule has 0 fully saturated rings. The lowest BCUT2D eigenvalue weighted by molar-refractivity contribution is 0.222. The first kappa shape index (κ1) is 15.4. The van der Waals surface area contributed by atoms with E-state index in [9.17, 15) is 4.39 Å². The summed E-state index contributed by atoms with van der Waals surface area (Å²) in [6.07, 6.45) is 3.99. The largest absolute Gasteiger partial charge is 0.387 e. The Morgan fingerprint density at radius 2 is 2.08 bits per heavy atom. The highest BCUT2D eigenvalue weighted by Crippen LogP contribution is 2.21. The Balaban J connectivity index is 1.61.